The van der Waals surface area contributed by atoms with Crippen LogP contribution in [0.5, 0.6) is 0 Å². The van der Waals surface area contributed by atoms with E-state index in [9.17, 15) is 9.59 Å². The van der Waals surface area contributed by atoms with Crippen molar-refractivity contribution in [2.24, 2.45) is 7.05 Å². The molecule has 0 unspecified atom stereocenters. The Morgan fingerprint density at radius 3 is 2.77 bits per heavy atom. The lowest BCUT2D eigenvalue weighted by Crippen LogP contribution is -2.37. The third kappa shape index (κ3) is 4.08. The molecule has 0 N–H and O–H groups in total. The zero-order valence-electron chi connectivity index (χ0n) is 18.0. The molecule has 7 nitrogen and oxygen atoms in total. The fourth-order valence-electron chi connectivity index (χ4n) is 4.37. The number of ether oxygens (including phenoxy) is 1. The molecule has 0 spiro atoms. The summed E-state index contributed by atoms with van der Waals surface area (Å²) < 4.78 is 6.70. The van der Waals surface area contributed by atoms with Crippen molar-refractivity contribution < 1.29 is 14.3 Å². The number of fused-ring (bicyclic) bond motifs is 1. The van der Waals surface area contributed by atoms with Crippen LogP contribution in [0.2, 0.25) is 0 Å². The van der Waals surface area contributed by atoms with Gasteiger partial charge < -0.3 is 9.64 Å². The molecule has 0 aliphatic heterocycles. The maximum absolute atomic E-state index is 13.9. The van der Waals surface area contributed by atoms with E-state index in [1.54, 1.807) is 4.68 Å². The first-order valence-corrected chi connectivity index (χ1v) is 10.4. The summed E-state index contributed by atoms with van der Waals surface area (Å²) in [4.78, 5) is 32.1. The number of aromatic nitrogens is 3. The first-order valence-electron chi connectivity index (χ1n) is 10.4. The van der Waals surface area contributed by atoms with Crippen molar-refractivity contribution in [3.05, 3.63) is 82.4 Å². The normalized spacial score (nSPS) is 15.3. The van der Waals surface area contributed by atoms with Gasteiger partial charge in [-0.3, -0.25) is 14.5 Å². The molecule has 0 bridgehead atoms. The van der Waals surface area contributed by atoms with Gasteiger partial charge in [-0.2, -0.15) is 5.10 Å². The molecule has 31 heavy (non-hydrogen) atoms. The number of carbonyl (C=O) groups is 2. The molecule has 3 aromatic rings. The van der Waals surface area contributed by atoms with Crippen LogP contribution < -0.4 is 0 Å². The van der Waals surface area contributed by atoms with E-state index in [4.69, 9.17) is 4.74 Å². The fourth-order valence-corrected chi connectivity index (χ4v) is 4.37. The summed E-state index contributed by atoms with van der Waals surface area (Å²) in [6.45, 7) is 2.31. The fraction of sp³-hybridized carbons (Fsp3) is 0.333. The van der Waals surface area contributed by atoms with E-state index >= 15 is 0 Å². The standard InChI is InChI=1S/C24H26N4O3/c1-16-13-18(27(2)26-16)15-28(22-10-6-8-17-7-4-5-9-19(17)22)23(29)21-14-25-12-11-20(21)24(30)31-3/h4-5,7,9,11-14,22H,6,8,10,15H2,1-3H3/t22-/m1/s1. The number of esters is 1. The molecule has 1 amide bonds. The van der Waals surface area contributed by atoms with Crippen LogP contribution >= 0.6 is 0 Å². The molecule has 4 rings (SSSR count). The van der Waals surface area contributed by atoms with Crippen LogP contribution in [-0.4, -0.2) is 38.7 Å². The van der Waals surface area contributed by atoms with Gasteiger partial charge in [-0.1, -0.05) is 24.3 Å². The maximum atomic E-state index is 13.9. The van der Waals surface area contributed by atoms with Crippen molar-refractivity contribution in [1.29, 1.82) is 0 Å². The van der Waals surface area contributed by atoms with E-state index in [-0.39, 0.29) is 23.1 Å². The number of nitrogens with zero attached hydrogens (tertiary/aromatic N) is 4. The number of methoxy groups -OCH3 is 1. The zero-order valence-corrected chi connectivity index (χ0v) is 18.0. The smallest absolute Gasteiger partial charge is 0.338 e. The van der Waals surface area contributed by atoms with Crippen LogP contribution in [-0.2, 0) is 24.8 Å². The molecule has 7 heteroatoms. The topological polar surface area (TPSA) is 77.3 Å². The van der Waals surface area contributed by atoms with Gasteiger partial charge in [0, 0.05) is 19.4 Å². The lowest BCUT2D eigenvalue weighted by atomic mass is 9.86. The van der Waals surface area contributed by atoms with Gasteiger partial charge in [0.05, 0.1) is 42.2 Å². The number of benzene rings is 1. The lowest BCUT2D eigenvalue weighted by Gasteiger charge is -2.36. The second-order valence-corrected chi connectivity index (χ2v) is 7.85. The monoisotopic (exact) mass is 418 g/mol. The molecule has 1 aliphatic rings. The highest BCUT2D eigenvalue weighted by Crippen LogP contribution is 2.36. The molecular weight excluding hydrogens is 392 g/mol. The Kier molecular flexibility index (Phi) is 5.84. The molecule has 0 saturated carbocycles. The molecule has 2 heterocycles. The van der Waals surface area contributed by atoms with Crippen LogP contribution in [0.25, 0.3) is 0 Å². The number of amides is 1. The van der Waals surface area contributed by atoms with Crippen molar-refractivity contribution in [1.82, 2.24) is 19.7 Å². The number of carbonyl (C=O) groups excluding carboxylic acids is 2. The summed E-state index contributed by atoms with van der Waals surface area (Å²) in [6.07, 6.45) is 5.79. The van der Waals surface area contributed by atoms with Gasteiger partial charge in [-0.15, -0.1) is 0 Å². The van der Waals surface area contributed by atoms with E-state index < -0.39 is 5.97 Å². The van der Waals surface area contributed by atoms with Crippen molar-refractivity contribution in [3.63, 3.8) is 0 Å². The maximum Gasteiger partial charge on any atom is 0.338 e. The van der Waals surface area contributed by atoms with Crippen LogP contribution in [0, 0.1) is 6.92 Å². The van der Waals surface area contributed by atoms with E-state index in [2.05, 4.69) is 22.2 Å². The predicted molar refractivity (Wildman–Crippen MR) is 116 cm³/mol. The minimum absolute atomic E-state index is 0.0987. The van der Waals surface area contributed by atoms with Crippen molar-refractivity contribution in [3.8, 4) is 0 Å². The van der Waals surface area contributed by atoms with Gasteiger partial charge in [-0.25, -0.2) is 4.79 Å². The summed E-state index contributed by atoms with van der Waals surface area (Å²) >= 11 is 0. The second kappa shape index (κ2) is 8.71. The predicted octanol–water partition coefficient (Wildman–Crippen LogP) is 3.63. The van der Waals surface area contributed by atoms with Gasteiger partial charge >= 0.3 is 5.97 Å². The Hall–Kier alpha value is -3.48. The highest BCUT2D eigenvalue weighted by molar-refractivity contribution is 6.05. The van der Waals surface area contributed by atoms with Gasteiger partial charge in [0.15, 0.2) is 0 Å². The average Bonchev–Trinajstić information content (AvgIpc) is 3.12. The summed E-state index contributed by atoms with van der Waals surface area (Å²) in [6, 6.07) is 11.7. The number of rotatable bonds is 5. The summed E-state index contributed by atoms with van der Waals surface area (Å²) in [7, 11) is 3.19. The average molecular weight is 418 g/mol. The Morgan fingerprint density at radius 1 is 1.23 bits per heavy atom. The Balaban J connectivity index is 1.80. The minimum atomic E-state index is -0.550. The zero-order chi connectivity index (χ0) is 22.0. The first kappa shape index (κ1) is 20.8. The Morgan fingerprint density at radius 2 is 2.03 bits per heavy atom. The van der Waals surface area contributed by atoms with Crippen molar-refractivity contribution in [2.45, 2.75) is 38.8 Å². The molecule has 0 fully saturated rings. The van der Waals surface area contributed by atoms with Crippen LogP contribution in [0.4, 0.5) is 0 Å². The van der Waals surface area contributed by atoms with Crippen LogP contribution in [0.3, 0.4) is 0 Å². The van der Waals surface area contributed by atoms with E-state index in [1.165, 1.54) is 31.1 Å². The van der Waals surface area contributed by atoms with E-state index in [1.807, 2.05) is 37.1 Å². The summed E-state index contributed by atoms with van der Waals surface area (Å²) in [5.41, 5.74) is 4.71. The number of aryl methyl sites for hydroxylation is 3. The van der Waals surface area contributed by atoms with Gasteiger partial charge in [0.1, 0.15) is 0 Å². The molecule has 160 valence electrons. The first-order chi connectivity index (χ1) is 15.0. The quantitative estimate of drug-likeness (QED) is 0.592. The molecule has 2 aromatic heterocycles. The number of hydrogen-bond donors (Lipinski definition) is 0. The van der Waals surface area contributed by atoms with Gasteiger partial charge in [0.2, 0.25) is 0 Å². The van der Waals surface area contributed by atoms with Crippen molar-refractivity contribution in [2.75, 3.05) is 7.11 Å². The third-order valence-corrected chi connectivity index (χ3v) is 5.86. The number of hydrogen-bond acceptors (Lipinski definition) is 5. The molecular formula is C24H26N4O3. The summed E-state index contributed by atoms with van der Waals surface area (Å²) in [5.74, 6) is -0.792. The van der Waals surface area contributed by atoms with Crippen LogP contribution in [0.15, 0.2) is 48.8 Å². The molecule has 0 radical (unpaired) electrons. The second-order valence-electron chi connectivity index (χ2n) is 7.85. The third-order valence-electron chi connectivity index (χ3n) is 5.86. The highest BCUT2D eigenvalue weighted by Gasteiger charge is 2.32. The minimum Gasteiger partial charge on any atom is -0.465 e. The largest absolute Gasteiger partial charge is 0.465 e. The number of pyridine rings is 1. The van der Waals surface area contributed by atoms with Gasteiger partial charge in [-0.05, 0) is 49.4 Å². The molecule has 1 aromatic carbocycles. The van der Waals surface area contributed by atoms with E-state index in [0.717, 1.165) is 36.2 Å². The Bertz CT molecular complexity index is 1120. The van der Waals surface area contributed by atoms with Gasteiger partial charge in [0.25, 0.3) is 5.91 Å². The summed E-state index contributed by atoms with van der Waals surface area (Å²) in [5, 5.41) is 4.44. The molecule has 0 saturated heterocycles. The molecule has 1 aliphatic carbocycles. The lowest BCUT2D eigenvalue weighted by molar-refractivity contribution is 0.0570. The highest BCUT2D eigenvalue weighted by atomic mass is 16.5. The van der Waals surface area contributed by atoms with E-state index in [0.29, 0.717) is 6.54 Å². The molecule has 1 atom stereocenters. The Labute approximate surface area is 181 Å². The van der Waals surface area contributed by atoms with Crippen molar-refractivity contribution >= 4 is 11.9 Å². The van der Waals surface area contributed by atoms with Crippen LogP contribution in [0.1, 0.15) is 62.1 Å². The SMILES string of the molecule is COC(=O)c1ccncc1C(=O)N(Cc1cc(C)nn1C)[C@@H]1CCCc2ccccc21.